The Bertz CT molecular complexity index is 541. The number of para-hydroxylation sites is 1. The zero-order valence-corrected chi connectivity index (χ0v) is 8.10. The molecule has 0 amide bonds. The number of aliphatic imine (C=N–C) groups is 1. The normalized spacial score (nSPS) is 17.2. The topological polar surface area (TPSA) is 29.4 Å². The van der Waals surface area contributed by atoms with Crippen LogP contribution in [-0.4, -0.2) is 12.0 Å². The lowest BCUT2D eigenvalue weighted by Crippen LogP contribution is -2.04. The molecule has 0 atom stereocenters. The lowest BCUT2D eigenvalue weighted by molar-refractivity contribution is -0.104. The number of rotatable bonds is 1. The van der Waals surface area contributed by atoms with E-state index in [-0.39, 0.29) is 1.43 Å². The lowest BCUT2D eigenvalue weighted by atomic mass is 9.94. The van der Waals surface area contributed by atoms with Gasteiger partial charge in [-0.2, -0.15) is 0 Å². The standard InChI is InChI=1S/C13H9NO/c15-8-9-5-6-11-10-3-1-2-4-12(10)14-13(11)7-9/h1-6,8H,7H2/p+1. The molecule has 0 aromatic heterocycles. The summed E-state index contributed by atoms with van der Waals surface area (Å²) in [5.74, 6) is 0. The Morgan fingerprint density at radius 1 is 1.27 bits per heavy atom. The van der Waals surface area contributed by atoms with E-state index >= 15 is 0 Å². The van der Waals surface area contributed by atoms with Crippen LogP contribution in [0.1, 0.15) is 13.4 Å². The second kappa shape index (κ2) is 3.02. The fourth-order valence-electron chi connectivity index (χ4n) is 2.00. The van der Waals surface area contributed by atoms with Crippen LogP contribution in [0.5, 0.6) is 0 Å². The Labute approximate surface area is 89.1 Å². The second-order valence-corrected chi connectivity index (χ2v) is 3.69. The predicted octanol–water partition coefficient (Wildman–Crippen LogP) is 2.80. The van der Waals surface area contributed by atoms with Crippen molar-refractivity contribution in [3.8, 4) is 0 Å². The minimum absolute atomic E-state index is 0. The van der Waals surface area contributed by atoms with Crippen LogP contribution in [-0.2, 0) is 4.79 Å². The summed E-state index contributed by atoms with van der Waals surface area (Å²) >= 11 is 0. The van der Waals surface area contributed by atoms with Gasteiger partial charge in [0.25, 0.3) is 0 Å². The first-order chi connectivity index (χ1) is 7.38. The molecule has 2 nitrogen and oxygen atoms in total. The molecule has 2 aliphatic rings. The van der Waals surface area contributed by atoms with Crippen molar-refractivity contribution >= 4 is 23.3 Å². The minimum Gasteiger partial charge on any atom is -0.298 e. The molecule has 2 heteroatoms. The third kappa shape index (κ3) is 1.18. The highest BCUT2D eigenvalue weighted by Crippen LogP contribution is 2.37. The van der Waals surface area contributed by atoms with Crippen LogP contribution in [0, 0.1) is 0 Å². The third-order valence-corrected chi connectivity index (χ3v) is 2.75. The molecule has 0 N–H and O–H groups in total. The third-order valence-electron chi connectivity index (χ3n) is 2.75. The van der Waals surface area contributed by atoms with Gasteiger partial charge in [-0.3, -0.25) is 9.79 Å². The second-order valence-electron chi connectivity index (χ2n) is 3.69. The Balaban J connectivity index is 0.000000963. The van der Waals surface area contributed by atoms with E-state index in [1.807, 2.05) is 30.4 Å². The number of nitrogens with zero attached hydrogens (tertiary/aromatic N) is 1. The van der Waals surface area contributed by atoms with Crippen LogP contribution in [0.25, 0.3) is 5.57 Å². The zero-order chi connectivity index (χ0) is 10.3. The van der Waals surface area contributed by atoms with Crippen molar-refractivity contribution < 1.29 is 6.22 Å². The molecule has 3 rings (SSSR count). The van der Waals surface area contributed by atoms with Crippen LogP contribution in [0.3, 0.4) is 0 Å². The first kappa shape index (κ1) is 8.36. The molecule has 0 saturated heterocycles. The highest BCUT2D eigenvalue weighted by Gasteiger charge is 2.22. The van der Waals surface area contributed by atoms with E-state index in [1.165, 1.54) is 5.56 Å². The van der Waals surface area contributed by atoms with Crippen LogP contribution >= 0.6 is 0 Å². The molecule has 1 heterocycles. The summed E-state index contributed by atoms with van der Waals surface area (Å²) in [7, 11) is 0. The summed E-state index contributed by atoms with van der Waals surface area (Å²) in [6.45, 7) is 0. The number of aldehydes is 1. The maximum absolute atomic E-state index is 10.7. The lowest BCUT2D eigenvalue weighted by Gasteiger charge is -2.08. The summed E-state index contributed by atoms with van der Waals surface area (Å²) < 4.78 is 0. The van der Waals surface area contributed by atoms with E-state index in [9.17, 15) is 4.79 Å². The summed E-state index contributed by atoms with van der Waals surface area (Å²) in [5.41, 5.74) is 5.16. The Hall–Kier alpha value is -1.96. The first-order valence-corrected chi connectivity index (χ1v) is 4.92. The largest absolute Gasteiger partial charge is 1.00 e. The van der Waals surface area contributed by atoms with Gasteiger partial charge in [-0.25, -0.2) is 0 Å². The monoisotopic (exact) mass is 196 g/mol. The molecule has 1 aromatic rings. The Morgan fingerprint density at radius 3 is 3.00 bits per heavy atom. The van der Waals surface area contributed by atoms with E-state index in [4.69, 9.17) is 0 Å². The molecule has 1 aliphatic heterocycles. The SMILES string of the molecule is O=CC1=CC=C2C(=Nc3ccccc32)C1.[H+]. The molecule has 0 fully saturated rings. The number of benzene rings is 1. The Kier molecular flexibility index (Phi) is 1.68. The van der Waals surface area contributed by atoms with Crippen molar-refractivity contribution in [2.45, 2.75) is 6.42 Å². The maximum Gasteiger partial charge on any atom is 1.00 e. The maximum atomic E-state index is 10.7. The van der Waals surface area contributed by atoms with Gasteiger partial charge in [-0.1, -0.05) is 30.4 Å². The van der Waals surface area contributed by atoms with Gasteiger partial charge in [-0.05, 0) is 11.6 Å². The number of allylic oxidation sites excluding steroid dienone is 4. The summed E-state index contributed by atoms with van der Waals surface area (Å²) in [5, 5.41) is 0. The number of carbonyl (C=O) groups is 1. The molecule has 0 bridgehead atoms. The molecule has 1 aliphatic carbocycles. The van der Waals surface area contributed by atoms with Crippen molar-refractivity contribution in [1.82, 2.24) is 0 Å². The molecular weight excluding hydrogens is 186 g/mol. The quantitative estimate of drug-likeness (QED) is 0.635. The Morgan fingerprint density at radius 2 is 2.13 bits per heavy atom. The molecular formula is C13H10NO+. The number of fused-ring (bicyclic) bond motifs is 3. The molecule has 72 valence electrons. The van der Waals surface area contributed by atoms with Gasteiger partial charge >= 0.3 is 1.43 Å². The van der Waals surface area contributed by atoms with Gasteiger partial charge in [-0.15, -0.1) is 0 Å². The van der Waals surface area contributed by atoms with Gasteiger partial charge in [0.05, 0.1) is 11.4 Å². The molecule has 1 aromatic carbocycles. The fraction of sp³-hybridized carbons (Fsp3) is 0.0769. The van der Waals surface area contributed by atoms with Crippen molar-refractivity contribution in [3.63, 3.8) is 0 Å². The van der Waals surface area contributed by atoms with Gasteiger partial charge < -0.3 is 0 Å². The highest BCUT2D eigenvalue weighted by molar-refractivity contribution is 6.31. The average Bonchev–Trinajstić information content (AvgIpc) is 2.66. The molecule has 15 heavy (non-hydrogen) atoms. The fourth-order valence-corrected chi connectivity index (χ4v) is 2.00. The van der Waals surface area contributed by atoms with E-state index in [0.29, 0.717) is 6.42 Å². The van der Waals surface area contributed by atoms with Crippen molar-refractivity contribution in [3.05, 3.63) is 47.6 Å². The summed E-state index contributed by atoms with van der Waals surface area (Å²) in [6.07, 6.45) is 5.42. The molecule has 0 unspecified atom stereocenters. The average molecular weight is 196 g/mol. The number of carbonyl (C=O) groups excluding carboxylic acids is 1. The van der Waals surface area contributed by atoms with Crippen LogP contribution in [0.2, 0.25) is 0 Å². The zero-order valence-electron chi connectivity index (χ0n) is 9.10. The molecule has 0 radical (unpaired) electrons. The van der Waals surface area contributed by atoms with Crippen molar-refractivity contribution in [2.75, 3.05) is 0 Å². The van der Waals surface area contributed by atoms with Crippen LogP contribution < -0.4 is 0 Å². The number of hydrogen-bond donors (Lipinski definition) is 0. The first-order valence-electron chi connectivity index (χ1n) is 4.92. The van der Waals surface area contributed by atoms with Gasteiger partial charge in [0.2, 0.25) is 0 Å². The van der Waals surface area contributed by atoms with Crippen LogP contribution in [0.15, 0.2) is 47.0 Å². The predicted molar refractivity (Wildman–Crippen MR) is 61.4 cm³/mol. The highest BCUT2D eigenvalue weighted by atomic mass is 16.1. The van der Waals surface area contributed by atoms with E-state index in [2.05, 4.69) is 11.1 Å². The van der Waals surface area contributed by atoms with Gasteiger partial charge in [0.1, 0.15) is 6.29 Å². The molecule has 0 saturated carbocycles. The van der Waals surface area contributed by atoms with E-state index < -0.39 is 0 Å². The summed E-state index contributed by atoms with van der Waals surface area (Å²) in [4.78, 5) is 15.2. The molecule has 0 spiro atoms. The van der Waals surface area contributed by atoms with Crippen molar-refractivity contribution in [1.29, 1.82) is 0 Å². The smallest absolute Gasteiger partial charge is 0.298 e. The minimum atomic E-state index is 0. The van der Waals surface area contributed by atoms with E-state index in [1.54, 1.807) is 0 Å². The van der Waals surface area contributed by atoms with Gasteiger partial charge in [0, 0.05) is 17.6 Å². The van der Waals surface area contributed by atoms with Crippen LogP contribution in [0.4, 0.5) is 5.69 Å². The van der Waals surface area contributed by atoms with Crippen molar-refractivity contribution in [2.24, 2.45) is 4.99 Å². The number of hydrogen-bond acceptors (Lipinski definition) is 2. The van der Waals surface area contributed by atoms with Gasteiger partial charge in [0.15, 0.2) is 0 Å². The summed E-state index contributed by atoms with van der Waals surface area (Å²) in [6, 6.07) is 8.06. The van der Waals surface area contributed by atoms with E-state index in [0.717, 1.165) is 28.8 Å².